The van der Waals surface area contributed by atoms with Crippen LogP contribution in [0, 0.1) is 46.8 Å². The van der Waals surface area contributed by atoms with Crippen LogP contribution in [-0.4, -0.2) is 16.7 Å². The van der Waals surface area contributed by atoms with Crippen molar-refractivity contribution in [2.75, 3.05) is 0 Å². The van der Waals surface area contributed by atoms with Crippen LogP contribution < -0.4 is 25.9 Å². The molecule has 4 nitrogen and oxygen atoms in total. The normalized spacial score (nSPS) is 12.1. The maximum absolute atomic E-state index is 6.59. The maximum Gasteiger partial charge on any atom is 0.241 e. The van der Waals surface area contributed by atoms with Gasteiger partial charge in [0, 0.05) is 43.7 Å². The van der Waals surface area contributed by atoms with Gasteiger partial charge in [-0.05, 0) is 96.0 Å². The summed E-state index contributed by atoms with van der Waals surface area (Å²) in [5.74, 6) is 3.37. The summed E-state index contributed by atoms with van der Waals surface area (Å²) in [4.78, 5) is 9.41. The number of ether oxygens (including phenoxy) is 2. The molecule has 0 N–H and O–H groups in total. The van der Waals surface area contributed by atoms with E-state index in [4.69, 9.17) is 14.5 Å². The van der Waals surface area contributed by atoms with Gasteiger partial charge in [-0.1, -0.05) is 99.0 Å². The van der Waals surface area contributed by atoms with Crippen molar-refractivity contribution in [2.24, 2.45) is 0 Å². The van der Waals surface area contributed by atoms with Crippen molar-refractivity contribution >= 4 is 23.1 Å². The van der Waals surface area contributed by atoms with Gasteiger partial charge in [-0.15, -0.1) is 59.1 Å². The van der Waals surface area contributed by atoms with E-state index in [-0.39, 0.29) is 32.2 Å². The molecule has 0 unspecified atom stereocenters. The van der Waals surface area contributed by atoms with E-state index >= 15 is 0 Å². The van der Waals surface area contributed by atoms with Crippen LogP contribution in [0.3, 0.4) is 0 Å². The maximum atomic E-state index is 6.59. The minimum absolute atomic E-state index is 0. The summed E-state index contributed by atoms with van der Waals surface area (Å²) in [5, 5.41) is 0. The quantitative estimate of drug-likeness (QED) is 0.131. The molecule has 0 fully saturated rings. The first kappa shape index (κ1) is 38.0. The molecule has 275 valence electrons. The zero-order valence-electron chi connectivity index (χ0n) is 32.6. The molecule has 0 aliphatic carbocycles. The van der Waals surface area contributed by atoms with E-state index in [1.807, 2.05) is 54.9 Å². The first-order valence-electron chi connectivity index (χ1n) is 18.6. The van der Waals surface area contributed by atoms with Crippen molar-refractivity contribution in [2.45, 2.75) is 60.8 Å². The Balaban J connectivity index is 0.000000208. The van der Waals surface area contributed by atoms with Gasteiger partial charge in [0.05, 0.1) is 0 Å². The molecular weight excluding hydrogens is 852 g/mol. The van der Waals surface area contributed by atoms with E-state index in [9.17, 15) is 0 Å². The monoisotopic (exact) mass is 895 g/mol. The fourth-order valence-electron chi connectivity index (χ4n) is 7.75. The zero-order chi connectivity index (χ0) is 37.7. The van der Waals surface area contributed by atoms with Crippen LogP contribution in [0.4, 0.5) is 0 Å². The van der Waals surface area contributed by atoms with Crippen LogP contribution in [0.1, 0.15) is 54.2 Å². The Hall–Kier alpha value is -5.29. The van der Waals surface area contributed by atoms with E-state index in [2.05, 4.69) is 133 Å². The van der Waals surface area contributed by atoms with Gasteiger partial charge in [0.2, 0.25) is 6.71 Å². The number of aromatic nitrogens is 2. The van der Waals surface area contributed by atoms with Crippen molar-refractivity contribution in [3.63, 3.8) is 0 Å². The number of para-hydroxylation sites is 1. The molecule has 5 aromatic carbocycles. The summed E-state index contributed by atoms with van der Waals surface area (Å²) < 4.78 is 12.8. The minimum atomic E-state index is 0. The van der Waals surface area contributed by atoms with E-state index in [0.29, 0.717) is 0 Å². The van der Waals surface area contributed by atoms with Crippen LogP contribution >= 0.6 is 0 Å². The van der Waals surface area contributed by atoms with Gasteiger partial charge >= 0.3 is 0 Å². The molecule has 0 saturated heterocycles. The van der Waals surface area contributed by atoms with Gasteiger partial charge in [0.25, 0.3) is 0 Å². The van der Waals surface area contributed by atoms with Gasteiger partial charge in [-0.25, -0.2) is 0 Å². The van der Waals surface area contributed by atoms with Gasteiger partial charge < -0.3 is 19.4 Å². The zero-order valence-corrected chi connectivity index (χ0v) is 35.0. The Bertz CT molecular complexity index is 2560. The number of nitrogens with zero attached hydrogens (tertiary/aromatic N) is 2. The van der Waals surface area contributed by atoms with Gasteiger partial charge in [-0.2, -0.15) is 0 Å². The molecule has 2 aliphatic rings. The molecule has 0 atom stereocenters. The number of benzene rings is 5. The van der Waals surface area contributed by atoms with Crippen molar-refractivity contribution in [3.05, 3.63) is 161 Å². The Morgan fingerprint density at radius 1 is 0.600 bits per heavy atom. The van der Waals surface area contributed by atoms with Crippen molar-refractivity contribution < 1.29 is 29.6 Å². The number of hydrogen-bond donors (Lipinski definition) is 0. The molecule has 55 heavy (non-hydrogen) atoms. The molecule has 6 heteroatoms. The molecule has 2 aliphatic heterocycles. The molecule has 4 heterocycles. The largest absolute Gasteiger partial charge is 0.503 e. The number of pyridine rings is 2. The molecule has 7 aromatic rings. The summed E-state index contributed by atoms with van der Waals surface area (Å²) in [6, 6.07) is 42.2. The SMILES string of the molecule is Cc1c[c-]c(-c2cc(C)c(C(C)(C)C)cn2)cc1.Cc1ccc(-c2cc(-c3[c-]ccc4c3Oc3cccc5c3B4c3ccccc3O5)ncc2C)c(C)c1.[Ir]. The second-order valence-electron chi connectivity index (χ2n) is 15.6. The molecule has 0 bridgehead atoms. The van der Waals surface area contributed by atoms with Crippen LogP contribution in [0.15, 0.2) is 116 Å². The van der Waals surface area contributed by atoms with Crippen molar-refractivity contribution in [3.8, 4) is 56.6 Å². The van der Waals surface area contributed by atoms with Gasteiger partial charge in [0.15, 0.2) is 0 Å². The Morgan fingerprint density at radius 2 is 1.33 bits per heavy atom. The Kier molecular flexibility index (Phi) is 10.4. The van der Waals surface area contributed by atoms with E-state index in [0.717, 1.165) is 67.5 Å². The molecule has 0 amide bonds. The molecule has 2 aromatic heterocycles. The van der Waals surface area contributed by atoms with E-state index in [1.165, 1.54) is 38.9 Å². The Labute approximate surface area is 339 Å². The summed E-state index contributed by atoms with van der Waals surface area (Å²) in [6.45, 7) is 17.3. The third-order valence-electron chi connectivity index (χ3n) is 10.5. The summed E-state index contributed by atoms with van der Waals surface area (Å²) in [6.07, 6.45) is 3.95. The predicted octanol–water partition coefficient (Wildman–Crippen LogP) is 10.3. The first-order chi connectivity index (χ1) is 26.0. The average molecular weight is 895 g/mol. The third kappa shape index (κ3) is 7.30. The molecule has 0 spiro atoms. The minimum Gasteiger partial charge on any atom is -0.503 e. The van der Waals surface area contributed by atoms with Crippen LogP contribution in [0.25, 0.3) is 33.6 Å². The summed E-state index contributed by atoms with van der Waals surface area (Å²) in [5.41, 5.74) is 17.1. The fraction of sp³-hybridized carbons (Fsp3) is 0.184. The Morgan fingerprint density at radius 3 is 2.05 bits per heavy atom. The molecular formula is C49H43BIrN2O2-2. The first-order valence-corrected chi connectivity index (χ1v) is 18.6. The fourth-order valence-corrected chi connectivity index (χ4v) is 7.75. The molecule has 0 saturated carbocycles. The smallest absolute Gasteiger partial charge is 0.241 e. The number of hydrogen-bond acceptors (Lipinski definition) is 4. The summed E-state index contributed by atoms with van der Waals surface area (Å²) in [7, 11) is 0. The number of rotatable bonds is 3. The number of fused-ring (bicyclic) bond motifs is 4. The second kappa shape index (κ2) is 15.1. The van der Waals surface area contributed by atoms with Gasteiger partial charge in [0.1, 0.15) is 17.2 Å². The number of aryl methyl sites for hydroxylation is 5. The van der Waals surface area contributed by atoms with E-state index < -0.39 is 0 Å². The standard InChI is InChI=1S/C32H23BNO2.C17H20N.Ir/c1-19-14-15-22(20(2)16-19)24-17-27(34-18-21(24)3)23-8-6-10-26-32(23)36-30-13-7-12-29-31(30)33(26)25-9-4-5-11-28(25)35-29;1-12-6-8-14(9-7-12)16-10-13(2)15(11-18-16)17(3,4)5;/h4-7,9-18H,1-3H3;6-8,10-11H,1-5H3;/q2*-1;. The van der Waals surface area contributed by atoms with Crippen molar-refractivity contribution in [1.29, 1.82) is 0 Å². The van der Waals surface area contributed by atoms with Crippen LogP contribution in [0.5, 0.6) is 23.0 Å². The summed E-state index contributed by atoms with van der Waals surface area (Å²) >= 11 is 0. The van der Waals surface area contributed by atoms with Gasteiger partial charge in [-0.3, -0.25) is 0 Å². The molecule has 9 rings (SSSR count). The predicted molar refractivity (Wildman–Crippen MR) is 223 cm³/mol. The topological polar surface area (TPSA) is 44.2 Å². The van der Waals surface area contributed by atoms with Crippen LogP contribution in [-0.2, 0) is 25.5 Å². The van der Waals surface area contributed by atoms with Crippen molar-refractivity contribution in [1.82, 2.24) is 9.97 Å². The average Bonchev–Trinajstić information content (AvgIpc) is 3.15. The second-order valence-corrected chi connectivity index (χ2v) is 15.6. The van der Waals surface area contributed by atoms with E-state index in [1.54, 1.807) is 0 Å². The molecule has 1 radical (unpaired) electrons. The third-order valence-corrected chi connectivity index (χ3v) is 10.5. The van der Waals surface area contributed by atoms with Crippen LogP contribution in [0.2, 0.25) is 0 Å².